The Morgan fingerprint density at radius 3 is 2.65 bits per heavy atom. The standard InChI is InChI=1S/C24H27N3O4/c1-3-30-21-10-9-16(13-22(21)31-4-2)24(29)25-14-23(28)27-12-11-20-18(15-27)17-7-5-6-8-19(17)26-20/h5-10,13,26H,3-4,11-12,14-15H2,1-2H3,(H,25,29). The van der Waals surface area contributed by atoms with Gasteiger partial charge in [-0.15, -0.1) is 0 Å². The fourth-order valence-corrected chi connectivity index (χ4v) is 3.94. The Kier molecular flexibility index (Phi) is 6.11. The van der Waals surface area contributed by atoms with Gasteiger partial charge in [-0.25, -0.2) is 0 Å². The summed E-state index contributed by atoms with van der Waals surface area (Å²) in [7, 11) is 0. The molecule has 2 amide bonds. The highest BCUT2D eigenvalue weighted by molar-refractivity contribution is 5.97. The second-order valence-corrected chi connectivity index (χ2v) is 7.40. The molecule has 0 saturated carbocycles. The first kappa shape index (κ1) is 20.8. The van der Waals surface area contributed by atoms with Crippen molar-refractivity contribution in [3.63, 3.8) is 0 Å². The Bertz CT molecular complexity index is 1110. The van der Waals surface area contributed by atoms with Gasteiger partial charge in [-0.3, -0.25) is 9.59 Å². The summed E-state index contributed by atoms with van der Waals surface area (Å²) < 4.78 is 11.1. The summed E-state index contributed by atoms with van der Waals surface area (Å²) in [5.74, 6) is 0.702. The number of para-hydroxylation sites is 1. The highest BCUT2D eigenvalue weighted by atomic mass is 16.5. The van der Waals surface area contributed by atoms with Crippen LogP contribution in [0.2, 0.25) is 0 Å². The zero-order valence-corrected chi connectivity index (χ0v) is 17.9. The van der Waals surface area contributed by atoms with Crippen LogP contribution in [-0.2, 0) is 17.8 Å². The fourth-order valence-electron chi connectivity index (χ4n) is 3.94. The Morgan fingerprint density at radius 1 is 1.06 bits per heavy atom. The molecule has 0 spiro atoms. The second kappa shape index (κ2) is 9.12. The van der Waals surface area contributed by atoms with Crippen molar-refractivity contribution in [2.45, 2.75) is 26.8 Å². The number of amides is 2. The van der Waals surface area contributed by atoms with Crippen molar-refractivity contribution in [1.29, 1.82) is 0 Å². The van der Waals surface area contributed by atoms with E-state index >= 15 is 0 Å². The summed E-state index contributed by atoms with van der Waals surface area (Å²) in [5, 5.41) is 3.89. The molecular formula is C24H27N3O4. The van der Waals surface area contributed by atoms with E-state index in [2.05, 4.69) is 16.4 Å². The molecular weight excluding hydrogens is 394 g/mol. The normalized spacial score (nSPS) is 13.0. The fraction of sp³-hybridized carbons (Fsp3) is 0.333. The summed E-state index contributed by atoms with van der Waals surface area (Å²) in [6.45, 7) is 5.87. The number of hydrogen-bond donors (Lipinski definition) is 2. The first-order valence-electron chi connectivity index (χ1n) is 10.6. The molecule has 1 aromatic heterocycles. The number of ether oxygens (including phenoxy) is 2. The molecule has 0 atom stereocenters. The Morgan fingerprint density at radius 2 is 1.84 bits per heavy atom. The SMILES string of the molecule is CCOc1ccc(C(=O)NCC(=O)N2CCc3[nH]c4ccccc4c3C2)cc1OCC. The maximum atomic E-state index is 12.8. The Labute approximate surface area is 181 Å². The van der Waals surface area contributed by atoms with Crippen LogP contribution in [0.1, 0.15) is 35.5 Å². The van der Waals surface area contributed by atoms with E-state index in [4.69, 9.17) is 9.47 Å². The number of benzene rings is 2. The predicted molar refractivity (Wildman–Crippen MR) is 119 cm³/mol. The number of fused-ring (bicyclic) bond motifs is 3. The maximum Gasteiger partial charge on any atom is 0.251 e. The molecule has 2 heterocycles. The van der Waals surface area contributed by atoms with Crippen LogP contribution in [0.3, 0.4) is 0 Å². The topological polar surface area (TPSA) is 83.7 Å². The molecule has 3 aromatic rings. The van der Waals surface area contributed by atoms with Crippen LogP contribution in [0.4, 0.5) is 0 Å². The maximum absolute atomic E-state index is 12.8. The summed E-state index contributed by atoms with van der Waals surface area (Å²) in [6.07, 6.45) is 0.778. The molecule has 7 nitrogen and oxygen atoms in total. The minimum atomic E-state index is -0.317. The molecule has 1 aliphatic heterocycles. The number of hydrogen-bond acceptors (Lipinski definition) is 4. The molecule has 2 N–H and O–H groups in total. The second-order valence-electron chi connectivity index (χ2n) is 7.40. The van der Waals surface area contributed by atoms with Gasteiger partial charge < -0.3 is 24.7 Å². The minimum absolute atomic E-state index is 0.0479. The third kappa shape index (κ3) is 4.35. The largest absolute Gasteiger partial charge is 0.490 e. The highest BCUT2D eigenvalue weighted by Gasteiger charge is 2.24. The molecule has 0 unspecified atom stereocenters. The van der Waals surface area contributed by atoms with Crippen molar-refractivity contribution in [1.82, 2.24) is 15.2 Å². The molecule has 0 fully saturated rings. The van der Waals surface area contributed by atoms with Crippen LogP contribution < -0.4 is 14.8 Å². The average Bonchev–Trinajstić information content (AvgIpc) is 3.16. The van der Waals surface area contributed by atoms with E-state index in [1.54, 1.807) is 23.1 Å². The summed E-state index contributed by atoms with van der Waals surface area (Å²) in [5.41, 5.74) is 3.87. The van der Waals surface area contributed by atoms with Gasteiger partial charge >= 0.3 is 0 Å². The van der Waals surface area contributed by atoms with Gasteiger partial charge in [0, 0.05) is 47.2 Å². The number of carbonyl (C=O) groups is 2. The van der Waals surface area contributed by atoms with Gasteiger partial charge in [0.15, 0.2) is 11.5 Å². The van der Waals surface area contributed by atoms with Gasteiger partial charge in [0.1, 0.15) is 0 Å². The number of rotatable bonds is 7. The number of aromatic amines is 1. The van der Waals surface area contributed by atoms with Crippen LogP contribution >= 0.6 is 0 Å². The third-order valence-corrected chi connectivity index (χ3v) is 5.44. The lowest BCUT2D eigenvalue weighted by Crippen LogP contribution is -2.42. The van der Waals surface area contributed by atoms with E-state index in [9.17, 15) is 9.59 Å². The van der Waals surface area contributed by atoms with Gasteiger partial charge in [0.05, 0.1) is 19.8 Å². The summed E-state index contributed by atoms with van der Waals surface area (Å²) >= 11 is 0. The van der Waals surface area contributed by atoms with Crippen molar-refractivity contribution >= 4 is 22.7 Å². The molecule has 1 aliphatic rings. The van der Waals surface area contributed by atoms with Gasteiger partial charge in [0.2, 0.25) is 5.91 Å². The zero-order chi connectivity index (χ0) is 21.8. The van der Waals surface area contributed by atoms with Gasteiger partial charge in [-0.1, -0.05) is 18.2 Å². The van der Waals surface area contributed by atoms with Crippen LogP contribution in [0.5, 0.6) is 11.5 Å². The van der Waals surface area contributed by atoms with E-state index in [0.29, 0.717) is 43.4 Å². The Balaban J connectivity index is 1.40. The zero-order valence-electron chi connectivity index (χ0n) is 17.9. The quantitative estimate of drug-likeness (QED) is 0.613. The molecule has 0 bridgehead atoms. The summed E-state index contributed by atoms with van der Waals surface area (Å²) in [4.78, 5) is 30.6. The van der Waals surface area contributed by atoms with E-state index in [1.807, 2.05) is 32.0 Å². The van der Waals surface area contributed by atoms with E-state index in [1.165, 1.54) is 5.69 Å². The molecule has 0 radical (unpaired) electrons. The number of nitrogens with one attached hydrogen (secondary N) is 2. The van der Waals surface area contributed by atoms with Crippen LogP contribution in [0, 0.1) is 0 Å². The average molecular weight is 421 g/mol. The first-order chi connectivity index (χ1) is 15.1. The molecule has 31 heavy (non-hydrogen) atoms. The predicted octanol–water partition coefficient (Wildman–Crippen LogP) is 3.28. The van der Waals surface area contributed by atoms with Crippen LogP contribution in [-0.4, -0.2) is 48.0 Å². The number of carbonyl (C=O) groups excluding carboxylic acids is 2. The molecule has 7 heteroatoms. The monoisotopic (exact) mass is 421 g/mol. The highest BCUT2D eigenvalue weighted by Crippen LogP contribution is 2.29. The summed E-state index contributed by atoms with van der Waals surface area (Å²) in [6, 6.07) is 13.2. The van der Waals surface area contributed by atoms with Gasteiger partial charge in [-0.2, -0.15) is 0 Å². The van der Waals surface area contributed by atoms with Crippen molar-refractivity contribution in [3.05, 3.63) is 59.3 Å². The van der Waals surface area contributed by atoms with Crippen molar-refractivity contribution in [2.24, 2.45) is 0 Å². The number of H-pyrrole nitrogens is 1. The molecule has 162 valence electrons. The number of nitrogens with zero attached hydrogens (tertiary/aromatic N) is 1. The van der Waals surface area contributed by atoms with Gasteiger partial charge in [0.25, 0.3) is 5.91 Å². The lowest BCUT2D eigenvalue weighted by Gasteiger charge is -2.27. The van der Waals surface area contributed by atoms with Crippen molar-refractivity contribution in [3.8, 4) is 11.5 Å². The van der Waals surface area contributed by atoms with E-state index in [-0.39, 0.29) is 18.4 Å². The van der Waals surface area contributed by atoms with Crippen LogP contribution in [0.25, 0.3) is 10.9 Å². The molecule has 4 rings (SSSR count). The lowest BCUT2D eigenvalue weighted by atomic mass is 10.0. The molecule has 0 saturated heterocycles. The molecule has 0 aliphatic carbocycles. The smallest absolute Gasteiger partial charge is 0.251 e. The van der Waals surface area contributed by atoms with Gasteiger partial charge in [-0.05, 0) is 38.1 Å². The minimum Gasteiger partial charge on any atom is -0.490 e. The third-order valence-electron chi connectivity index (χ3n) is 5.44. The van der Waals surface area contributed by atoms with E-state index < -0.39 is 0 Å². The number of aromatic nitrogens is 1. The first-order valence-corrected chi connectivity index (χ1v) is 10.6. The van der Waals surface area contributed by atoms with Crippen molar-refractivity contribution in [2.75, 3.05) is 26.3 Å². The lowest BCUT2D eigenvalue weighted by molar-refractivity contribution is -0.131. The molecule has 2 aromatic carbocycles. The van der Waals surface area contributed by atoms with E-state index in [0.717, 1.165) is 22.9 Å². The van der Waals surface area contributed by atoms with Crippen LogP contribution in [0.15, 0.2) is 42.5 Å². The van der Waals surface area contributed by atoms with Crippen molar-refractivity contribution < 1.29 is 19.1 Å². The Hall–Kier alpha value is -3.48.